The van der Waals surface area contributed by atoms with Crippen LogP contribution in [-0.4, -0.2) is 35.3 Å². The Morgan fingerprint density at radius 2 is 1.91 bits per heavy atom. The van der Waals surface area contributed by atoms with Crippen LogP contribution in [0.25, 0.3) is 0 Å². The van der Waals surface area contributed by atoms with Crippen LogP contribution in [0.4, 0.5) is 0 Å². The molecule has 0 aromatic heterocycles. The Bertz CT molecular complexity index is 389. The van der Waals surface area contributed by atoms with Crippen LogP contribution in [-0.2, 0) is 9.59 Å². The molecular formula is C18H32N2O2. The zero-order chi connectivity index (χ0) is 17.0. The van der Waals surface area contributed by atoms with Gasteiger partial charge in [-0.05, 0) is 33.1 Å². The number of hydrogen-bond donors (Lipinski definition) is 1. The topological polar surface area (TPSA) is 49.4 Å². The Morgan fingerprint density at radius 3 is 2.45 bits per heavy atom. The lowest BCUT2D eigenvalue weighted by Gasteiger charge is -2.24. The second kappa shape index (κ2) is 12.0. The van der Waals surface area contributed by atoms with Gasteiger partial charge >= 0.3 is 0 Å². The van der Waals surface area contributed by atoms with Crippen molar-refractivity contribution in [2.75, 3.05) is 6.54 Å². The van der Waals surface area contributed by atoms with Gasteiger partial charge in [0.15, 0.2) is 0 Å². The van der Waals surface area contributed by atoms with Crippen LogP contribution < -0.4 is 5.32 Å². The molecule has 1 aliphatic heterocycles. The molecule has 22 heavy (non-hydrogen) atoms. The van der Waals surface area contributed by atoms with Gasteiger partial charge in [-0.3, -0.25) is 9.59 Å². The lowest BCUT2D eigenvalue weighted by Crippen LogP contribution is -2.47. The summed E-state index contributed by atoms with van der Waals surface area (Å²) in [6.45, 7) is 10.6. The summed E-state index contributed by atoms with van der Waals surface area (Å²) in [5.41, 5.74) is 0. The lowest BCUT2D eigenvalue weighted by molar-refractivity contribution is -0.137. The van der Waals surface area contributed by atoms with E-state index < -0.39 is 0 Å². The zero-order valence-corrected chi connectivity index (χ0v) is 14.8. The van der Waals surface area contributed by atoms with Crippen molar-refractivity contribution in [1.82, 2.24) is 10.2 Å². The largest absolute Gasteiger partial charge is 0.352 e. The number of nitrogens with zero attached hydrogens (tertiary/aromatic N) is 1. The van der Waals surface area contributed by atoms with E-state index in [1.165, 1.54) is 0 Å². The number of carbonyl (C=O) groups is 2. The second-order valence-corrected chi connectivity index (χ2v) is 5.28. The summed E-state index contributed by atoms with van der Waals surface area (Å²) >= 11 is 0. The van der Waals surface area contributed by atoms with Gasteiger partial charge in [0.25, 0.3) is 0 Å². The van der Waals surface area contributed by atoms with Crippen LogP contribution in [0.5, 0.6) is 0 Å². The van der Waals surface area contributed by atoms with Crippen molar-refractivity contribution < 1.29 is 9.59 Å². The molecule has 2 unspecified atom stereocenters. The van der Waals surface area contributed by atoms with Crippen LogP contribution in [0, 0.1) is 0 Å². The van der Waals surface area contributed by atoms with Crippen LogP contribution in [0.3, 0.4) is 0 Å². The van der Waals surface area contributed by atoms with E-state index in [9.17, 15) is 9.59 Å². The maximum atomic E-state index is 12.1. The third kappa shape index (κ3) is 7.43. The van der Waals surface area contributed by atoms with Gasteiger partial charge in [0.05, 0.1) is 0 Å². The highest BCUT2D eigenvalue weighted by atomic mass is 16.2. The van der Waals surface area contributed by atoms with Crippen molar-refractivity contribution in [3.05, 3.63) is 24.3 Å². The normalized spacial score (nSPS) is 17.5. The number of nitrogens with one attached hydrogen (secondary N) is 1. The van der Waals surface area contributed by atoms with E-state index in [1.54, 1.807) is 11.8 Å². The molecule has 0 aromatic carbocycles. The predicted molar refractivity (Wildman–Crippen MR) is 92.5 cm³/mol. The van der Waals surface area contributed by atoms with Crippen molar-refractivity contribution >= 4 is 11.8 Å². The molecule has 0 radical (unpaired) electrons. The number of rotatable bonds is 7. The second-order valence-electron chi connectivity index (χ2n) is 5.28. The van der Waals surface area contributed by atoms with Gasteiger partial charge in [0, 0.05) is 19.0 Å². The van der Waals surface area contributed by atoms with Crippen molar-refractivity contribution in [3.63, 3.8) is 0 Å². The fourth-order valence-electron chi connectivity index (χ4n) is 2.22. The van der Waals surface area contributed by atoms with Crippen LogP contribution in [0.2, 0.25) is 0 Å². The van der Waals surface area contributed by atoms with Gasteiger partial charge in [0.2, 0.25) is 11.8 Å². The zero-order valence-electron chi connectivity index (χ0n) is 14.8. The standard InChI is InChI=1S/C16H26N2O2.C2H6/c1-4-5-6-7-8-10-13(2)17-16(20)14(3)18-12-9-11-15(18)19;1-2/h5-8,13-14H,4,9-12H2,1-3H3,(H,17,20);1-2H3/b6-5-,8-7-;. The molecule has 1 aliphatic rings. The minimum absolute atomic E-state index is 0.0646. The first-order chi connectivity index (χ1) is 10.6. The van der Waals surface area contributed by atoms with Crippen molar-refractivity contribution in [2.45, 2.75) is 72.4 Å². The predicted octanol–water partition coefficient (Wildman–Crippen LogP) is 3.44. The Labute approximate surface area is 135 Å². The molecule has 1 N–H and O–H groups in total. The Balaban J connectivity index is 0.00000211. The highest BCUT2D eigenvalue weighted by Crippen LogP contribution is 2.13. The molecule has 0 aliphatic carbocycles. The lowest BCUT2D eigenvalue weighted by atomic mass is 10.2. The molecule has 1 rings (SSSR count). The van der Waals surface area contributed by atoms with Crippen LogP contribution in [0.1, 0.15) is 60.3 Å². The van der Waals surface area contributed by atoms with Crippen LogP contribution in [0.15, 0.2) is 24.3 Å². The molecule has 1 saturated heterocycles. The Kier molecular flexibility index (Phi) is 11.2. The number of likely N-dealkylation sites (tertiary alicyclic amines) is 1. The third-order valence-electron chi connectivity index (χ3n) is 3.45. The summed E-state index contributed by atoms with van der Waals surface area (Å²) in [6.07, 6.45) is 11.4. The van der Waals surface area contributed by atoms with Crippen molar-refractivity contribution in [1.29, 1.82) is 0 Å². The van der Waals surface area contributed by atoms with Gasteiger partial charge in [-0.2, -0.15) is 0 Å². The molecular weight excluding hydrogens is 276 g/mol. The third-order valence-corrected chi connectivity index (χ3v) is 3.45. The number of allylic oxidation sites excluding steroid dienone is 3. The van der Waals surface area contributed by atoms with E-state index in [-0.39, 0.29) is 23.9 Å². The summed E-state index contributed by atoms with van der Waals surface area (Å²) in [4.78, 5) is 25.4. The summed E-state index contributed by atoms with van der Waals surface area (Å²) in [7, 11) is 0. The summed E-state index contributed by atoms with van der Waals surface area (Å²) < 4.78 is 0. The maximum Gasteiger partial charge on any atom is 0.242 e. The molecule has 4 heteroatoms. The smallest absolute Gasteiger partial charge is 0.242 e. The van der Waals surface area contributed by atoms with E-state index in [2.05, 4.69) is 18.3 Å². The molecule has 0 spiro atoms. The van der Waals surface area contributed by atoms with Crippen molar-refractivity contribution in [3.8, 4) is 0 Å². The van der Waals surface area contributed by atoms with E-state index in [0.717, 1.165) is 19.3 Å². The molecule has 4 nitrogen and oxygen atoms in total. The van der Waals surface area contributed by atoms with Gasteiger partial charge in [-0.1, -0.05) is 45.1 Å². The molecule has 2 atom stereocenters. The Hall–Kier alpha value is -1.58. The van der Waals surface area contributed by atoms with Gasteiger partial charge < -0.3 is 10.2 Å². The van der Waals surface area contributed by atoms with E-state index in [1.807, 2.05) is 39.0 Å². The number of amides is 2. The first kappa shape index (κ1) is 20.4. The first-order valence-corrected chi connectivity index (χ1v) is 8.47. The van der Waals surface area contributed by atoms with E-state index in [4.69, 9.17) is 0 Å². The fourth-order valence-corrected chi connectivity index (χ4v) is 2.22. The highest BCUT2D eigenvalue weighted by molar-refractivity contribution is 5.88. The minimum atomic E-state index is -0.364. The van der Waals surface area contributed by atoms with Gasteiger partial charge in [-0.25, -0.2) is 0 Å². The first-order valence-electron chi connectivity index (χ1n) is 8.47. The highest BCUT2D eigenvalue weighted by Gasteiger charge is 2.29. The SMILES string of the molecule is CC.CC/C=C\C=C/CC(C)NC(=O)C(C)N1CCCC1=O. The maximum absolute atomic E-state index is 12.1. The summed E-state index contributed by atoms with van der Waals surface area (Å²) in [5, 5.41) is 2.96. The van der Waals surface area contributed by atoms with E-state index in [0.29, 0.717) is 13.0 Å². The van der Waals surface area contributed by atoms with Crippen LogP contribution >= 0.6 is 0 Å². The molecule has 2 amide bonds. The quantitative estimate of drug-likeness (QED) is 0.732. The molecule has 1 heterocycles. The summed E-state index contributed by atoms with van der Waals surface area (Å²) in [6, 6.07) is -0.287. The minimum Gasteiger partial charge on any atom is -0.352 e. The molecule has 1 fully saturated rings. The molecule has 0 saturated carbocycles. The average Bonchev–Trinajstić information content (AvgIpc) is 2.94. The molecule has 0 bridgehead atoms. The monoisotopic (exact) mass is 308 g/mol. The number of hydrogen-bond acceptors (Lipinski definition) is 2. The fraction of sp³-hybridized carbons (Fsp3) is 0.667. The van der Waals surface area contributed by atoms with Gasteiger partial charge in [0.1, 0.15) is 6.04 Å². The average molecular weight is 308 g/mol. The van der Waals surface area contributed by atoms with Crippen molar-refractivity contribution in [2.24, 2.45) is 0 Å². The molecule has 126 valence electrons. The summed E-state index contributed by atoms with van der Waals surface area (Å²) in [5.74, 6) is 0.0233. The van der Waals surface area contributed by atoms with E-state index >= 15 is 0 Å². The number of carbonyl (C=O) groups excluding carboxylic acids is 2. The van der Waals surface area contributed by atoms with Gasteiger partial charge in [-0.15, -0.1) is 0 Å². The molecule has 0 aromatic rings. The Morgan fingerprint density at radius 1 is 1.27 bits per heavy atom.